The van der Waals surface area contributed by atoms with Crippen LogP contribution in [0.3, 0.4) is 0 Å². The van der Waals surface area contributed by atoms with Crippen molar-refractivity contribution in [3.8, 4) is 0 Å². The smallest absolute Gasteiger partial charge is 0.345 e. The second-order valence-corrected chi connectivity index (χ2v) is 4.97. The molecular formula is C16H18N2O3. The Labute approximate surface area is 123 Å². The van der Waals surface area contributed by atoms with E-state index in [1.165, 1.54) is 6.20 Å². The predicted molar refractivity (Wildman–Crippen MR) is 79.5 cm³/mol. The second kappa shape index (κ2) is 6.35. The summed E-state index contributed by atoms with van der Waals surface area (Å²) in [7, 11) is 0. The maximum absolute atomic E-state index is 11.9. The van der Waals surface area contributed by atoms with Crippen molar-refractivity contribution in [3.63, 3.8) is 0 Å². The molecule has 0 spiro atoms. The van der Waals surface area contributed by atoms with Gasteiger partial charge in [-0.3, -0.25) is 4.79 Å². The van der Waals surface area contributed by atoms with Crippen molar-refractivity contribution >= 4 is 5.97 Å². The average Bonchev–Trinajstić information content (AvgIpc) is 2.37. The lowest BCUT2D eigenvalue weighted by molar-refractivity contribution is 0.0523. The molecule has 0 saturated heterocycles. The van der Waals surface area contributed by atoms with Gasteiger partial charge in [0.25, 0.3) is 5.56 Å². The van der Waals surface area contributed by atoms with Gasteiger partial charge in [0.1, 0.15) is 11.4 Å². The molecule has 0 atom stereocenters. The van der Waals surface area contributed by atoms with Gasteiger partial charge >= 0.3 is 5.97 Å². The first kappa shape index (κ1) is 15.0. The van der Waals surface area contributed by atoms with Crippen molar-refractivity contribution in [1.29, 1.82) is 0 Å². The van der Waals surface area contributed by atoms with Crippen LogP contribution in [0, 0.1) is 13.8 Å². The van der Waals surface area contributed by atoms with E-state index >= 15 is 0 Å². The zero-order valence-electron chi connectivity index (χ0n) is 12.4. The summed E-state index contributed by atoms with van der Waals surface area (Å²) in [4.78, 5) is 30.2. The summed E-state index contributed by atoms with van der Waals surface area (Å²) in [6.07, 6.45) is 1.79. The summed E-state index contributed by atoms with van der Waals surface area (Å²) >= 11 is 0. The molecule has 0 radical (unpaired) electrons. The number of ether oxygens (including phenoxy) is 1. The van der Waals surface area contributed by atoms with Crippen LogP contribution in [0.2, 0.25) is 0 Å². The molecule has 0 aliphatic heterocycles. The first-order chi connectivity index (χ1) is 9.99. The van der Waals surface area contributed by atoms with Crippen LogP contribution in [0.1, 0.15) is 39.8 Å². The molecule has 0 saturated carbocycles. The van der Waals surface area contributed by atoms with E-state index in [2.05, 4.69) is 16.0 Å². The third kappa shape index (κ3) is 3.78. The van der Waals surface area contributed by atoms with Gasteiger partial charge in [-0.2, -0.15) is 0 Å². The molecule has 5 heteroatoms. The number of hydrogen-bond donors (Lipinski definition) is 1. The Morgan fingerprint density at radius 2 is 1.90 bits per heavy atom. The van der Waals surface area contributed by atoms with Crippen LogP contribution in [0.25, 0.3) is 0 Å². The highest BCUT2D eigenvalue weighted by atomic mass is 16.5. The van der Waals surface area contributed by atoms with Gasteiger partial charge in [0, 0.05) is 12.6 Å². The quantitative estimate of drug-likeness (QED) is 0.874. The molecule has 1 heterocycles. The Hall–Kier alpha value is -2.43. The molecule has 1 aromatic carbocycles. The molecule has 0 unspecified atom stereocenters. The first-order valence-electron chi connectivity index (χ1n) is 6.82. The Morgan fingerprint density at radius 1 is 1.24 bits per heavy atom. The first-order valence-corrected chi connectivity index (χ1v) is 6.82. The lowest BCUT2D eigenvalue weighted by Crippen LogP contribution is -2.22. The fraction of sp³-hybridized carbons (Fsp3) is 0.312. The van der Waals surface area contributed by atoms with Gasteiger partial charge in [-0.15, -0.1) is 0 Å². The number of nitrogens with one attached hydrogen (secondary N) is 1. The molecule has 0 bridgehead atoms. The minimum absolute atomic E-state index is 0.0685. The zero-order valence-corrected chi connectivity index (χ0v) is 12.4. The molecule has 0 aliphatic rings. The Morgan fingerprint density at radius 3 is 2.48 bits per heavy atom. The number of aromatic amines is 1. The van der Waals surface area contributed by atoms with E-state index in [0.717, 1.165) is 16.7 Å². The number of aryl methyl sites for hydroxylation is 2. The molecule has 21 heavy (non-hydrogen) atoms. The third-order valence-corrected chi connectivity index (χ3v) is 3.00. The summed E-state index contributed by atoms with van der Waals surface area (Å²) in [6.45, 7) is 5.96. The van der Waals surface area contributed by atoms with E-state index in [0.29, 0.717) is 12.2 Å². The van der Waals surface area contributed by atoms with Crippen molar-refractivity contribution in [2.45, 2.75) is 27.2 Å². The van der Waals surface area contributed by atoms with E-state index in [-0.39, 0.29) is 12.2 Å². The van der Waals surface area contributed by atoms with Gasteiger partial charge in [0.05, 0.1) is 6.61 Å². The van der Waals surface area contributed by atoms with Gasteiger partial charge in [-0.25, -0.2) is 9.78 Å². The summed E-state index contributed by atoms with van der Waals surface area (Å²) in [6, 6.07) is 6.18. The lowest BCUT2D eigenvalue weighted by atomic mass is 10.0. The third-order valence-electron chi connectivity index (χ3n) is 3.00. The summed E-state index contributed by atoms with van der Waals surface area (Å²) < 4.78 is 4.80. The molecule has 1 N–H and O–H groups in total. The van der Waals surface area contributed by atoms with Crippen LogP contribution in [0.15, 0.2) is 29.2 Å². The van der Waals surface area contributed by atoms with Crippen molar-refractivity contribution < 1.29 is 9.53 Å². The van der Waals surface area contributed by atoms with Crippen LogP contribution in [0.4, 0.5) is 0 Å². The van der Waals surface area contributed by atoms with Crippen LogP contribution in [-0.4, -0.2) is 22.5 Å². The minimum Gasteiger partial charge on any atom is -0.462 e. The number of aromatic nitrogens is 2. The lowest BCUT2D eigenvalue weighted by Gasteiger charge is -2.06. The number of benzene rings is 1. The minimum atomic E-state index is -0.649. The fourth-order valence-corrected chi connectivity index (χ4v) is 2.24. The highest BCUT2D eigenvalue weighted by Crippen LogP contribution is 2.11. The van der Waals surface area contributed by atoms with Crippen LogP contribution < -0.4 is 5.56 Å². The number of carbonyl (C=O) groups excluding carboxylic acids is 1. The van der Waals surface area contributed by atoms with Gasteiger partial charge in [0.2, 0.25) is 0 Å². The zero-order chi connectivity index (χ0) is 15.4. The van der Waals surface area contributed by atoms with E-state index < -0.39 is 11.5 Å². The van der Waals surface area contributed by atoms with Gasteiger partial charge in [-0.1, -0.05) is 29.3 Å². The molecule has 2 rings (SSSR count). The summed E-state index contributed by atoms with van der Waals surface area (Å²) in [5.74, 6) is -0.123. The van der Waals surface area contributed by atoms with Crippen molar-refractivity contribution in [1.82, 2.24) is 9.97 Å². The maximum Gasteiger partial charge on any atom is 0.345 e. The topological polar surface area (TPSA) is 72.0 Å². The molecule has 110 valence electrons. The highest BCUT2D eigenvalue weighted by Gasteiger charge is 2.12. The van der Waals surface area contributed by atoms with Crippen LogP contribution in [-0.2, 0) is 11.2 Å². The SMILES string of the molecule is CCOC(=O)c1cnc(Cc2cc(C)cc(C)c2)[nH]c1=O. The Balaban J connectivity index is 2.24. The Bertz CT molecular complexity index is 699. The standard InChI is InChI=1S/C16H18N2O3/c1-4-21-16(20)13-9-17-14(18-15(13)19)8-12-6-10(2)5-11(3)7-12/h5-7,9H,4,8H2,1-3H3,(H,17,18,19). The molecular weight excluding hydrogens is 268 g/mol. The summed E-state index contributed by atoms with van der Waals surface area (Å²) in [5, 5.41) is 0. The predicted octanol–water partition coefficient (Wildman–Crippen LogP) is 2.15. The largest absolute Gasteiger partial charge is 0.462 e. The molecule has 5 nitrogen and oxygen atoms in total. The van der Waals surface area contributed by atoms with Crippen molar-refractivity contribution in [2.24, 2.45) is 0 Å². The number of carbonyl (C=O) groups is 1. The van der Waals surface area contributed by atoms with E-state index in [4.69, 9.17) is 4.74 Å². The van der Waals surface area contributed by atoms with Gasteiger partial charge in [-0.05, 0) is 26.3 Å². The van der Waals surface area contributed by atoms with E-state index in [1.54, 1.807) is 6.92 Å². The van der Waals surface area contributed by atoms with Gasteiger partial charge in [0.15, 0.2) is 0 Å². The van der Waals surface area contributed by atoms with E-state index in [9.17, 15) is 9.59 Å². The fourth-order valence-electron chi connectivity index (χ4n) is 2.24. The average molecular weight is 286 g/mol. The number of esters is 1. The van der Waals surface area contributed by atoms with Crippen LogP contribution in [0.5, 0.6) is 0 Å². The number of rotatable bonds is 4. The number of H-pyrrole nitrogens is 1. The van der Waals surface area contributed by atoms with Crippen molar-refractivity contribution in [2.75, 3.05) is 6.61 Å². The highest BCUT2D eigenvalue weighted by molar-refractivity contribution is 5.88. The normalized spacial score (nSPS) is 10.4. The van der Waals surface area contributed by atoms with E-state index in [1.807, 2.05) is 26.0 Å². The number of hydrogen-bond acceptors (Lipinski definition) is 4. The van der Waals surface area contributed by atoms with Crippen molar-refractivity contribution in [3.05, 3.63) is 62.8 Å². The second-order valence-electron chi connectivity index (χ2n) is 4.97. The molecule has 0 fully saturated rings. The molecule has 2 aromatic rings. The monoisotopic (exact) mass is 286 g/mol. The van der Waals surface area contributed by atoms with Gasteiger partial charge < -0.3 is 9.72 Å². The summed E-state index contributed by atoms with van der Waals surface area (Å²) in [5.41, 5.74) is 2.86. The molecule has 0 aliphatic carbocycles. The molecule has 0 amide bonds. The molecule has 1 aromatic heterocycles. The Kier molecular flexibility index (Phi) is 4.52. The van der Waals surface area contributed by atoms with Crippen LogP contribution >= 0.6 is 0 Å². The number of nitrogens with zero attached hydrogens (tertiary/aromatic N) is 1. The maximum atomic E-state index is 11.9.